The fourth-order valence-electron chi connectivity index (χ4n) is 9.85. The summed E-state index contributed by atoms with van der Waals surface area (Å²) in [6.45, 7) is 4.82. The first kappa shape index (κ1) is 31.7. The minimum absolute atomic E-state index is 0.151. The number of hydrogen-bond donors (Lipinski definition) is 0. The quantitative estimate of drug-likeness (QED) is 0.127. The lowest BCUT2D eigenvalue weighted by Gasteiger charge is -2.24. The van der Waals surface area contributed by atoms with Gasteiger partial charge in [0.05, 0.1) is 0 Å². The molecule has 0 saturated heterocycles. The second-order valence-corrected chi connectivity index (χ2v) is 15.6. The molecular weight excluding hydrogens is 661 g/mol. The summed E-state index contributed by atoms with van der Waals surface area (Å²) in [5.74, 6) is 0. The van der Waals surface area contributed by atoms with Crippen LogP contribution in [0.2, 0.25) is 0 Å². The molecule has 0 spiro atoms. The molecule has 55 heavy (non-hydrogen) atoms. The molecule has 0 unspecified atom stereocenters. The number of hydrogen-bond acceptors (Lipinski definition) is 0. The fourth-order valence-corrected chi connectivity index (χ4v) is 9.85. The summed E-state index contributed by atoms with van der Waals surface area (Å²) in [6, 6.07) is 72.0. The zero-order valence-corrected chi connectivity index (χ0v) is 31.0. The molecule has 0 bridgehead atoms. The zero-order valence-electron chi connectivity index (χ0n) is 31.0. The normalized spacial score (nSPS) is 13.1. The van der Waals surface area contributed by atoms with E-state index in [-0.39, 0.29) is 5.41 Å². The number of fused-ring (bicyclic) bond motifs is 10. The zero-order chi connectivity index (χ0) is 36.7. The Hall–Kier alpha value is -6.76. The molecule has 10 aromatic rings. The standard InChI is InChI=1S/C55H38/c1-55(2)49-32-16-31-40(52(49)53-43-25-8-6-23-41(43)42-24-7-13-30-48(42)54(53)55)37-20-15-22-39(34-37)51-46-28-11-9-26-44(46)50(45-27-10-12-29-47(45)51)38-21-14-19-36(33-38)35-17-4-3-5-18-35/h3-34H,1-2H3. The maximum Gasteiger partial charge on any atom is 0.0165 e. The highest BCUT2D eigenvalue weighted by atomic mass is 14.4. The third-order valence-corrected chi connectivity index (χ3v) is 12.2. The Morgan fingerprint density at radius 1 is 0.273 bits per heavy atom. The molecule has 0 heterocycles. The molecule has 10 aromatic carbocycles. The minimum atomic E-state index is -0.151. The Kier molecular flexibility index (Phi) is 7.00. The topological polar surface area (TPSA) is 0 Å². The average molecular weight is 699 g/mol. The highest BCUT2D eigenvalue weighted by Crippen LogP contribution is 2.57. The van der Waals surface area contributed by atoms with Crippen LogP contribution in [0.15, 0.2) is 194 Å². The van der Waals surface area contributed by atoms with E-state index in [0.717, 1.165) is 0 Å². The average Bonchev–Trinajstić information content (AvgIpc) is 3.50. The predicted molar refractivity (Wildman–Crippen MR) is 236 cm³/mol. The highest BCUT2D eigenvalue weighted by molar-refractivity contribution is 6.22. The minimum Gasteiger partial charge on any atom is -0.0622 e. The molecule has 0 aromatic heterocycles. The van der Waals surface area contributed by atoms with Crippen LogP contribution in [0.1, 0.15) is 25.0 Å². The number of rotatable bonds is 4. The van der Waals surface area contributed by atoms with Gasteiger partial charge in [-0.05, 0) is 122 Å². The van der Waals surface area contributed by atoms with Crippen LogP contribution in [0.5, 0.6) is 0 Å². The maximum absolute atomic E-state index is 2.44. The lowest BCUT2D eigenvalue weighted by atomic mass is 9.79. The smallest absolute Gasteiger partial charge is 0.0165 e. The lowest BCUT2D eigenvalue weighted by molar-refractivity contribution is 0.666. The summed E-state index contributed by atoms with van der Waals surface area (Å²) in [7, 11) is 0. The largest absolute Gasteiger partial charge is 0.0622 e. The summed E-state index contributed by atoms with van der Waals surface area (Å²) in [4.78, 5) is 0. The van der Waals surface area contributed by atoms with Crippen LogP contribution in [0.4, 0.5) is 0 Å². The van der Waals surface area contributed by atoms with Gasteiger partial charge in [-0.25, -0.2) is 0 Å². The van der Waals surface area contributed by atoms with Crippen molar-refractivity contribution in [1.29, 1.82) is 0 Å². The van der Waals surface area contributed by atoms with Gasteiger partial charge < -0.3 is 0 Å². The van der Waals surface area contributed by atoms with Crippen molar-refractivity contribution in [3.8, 4) is 55.6 Å². The highest BCUT2D eigenvalue weighted by Gasteiger charge is 2.39. The van der Waals surface area contributed by atoms with Gasteiger partial charge in [0.2, 0.25) is 0 Å². The van der Waals surface area contributed by atoms with Gasteiger partial charge in [-0.1, -0.05) is 196 Å². The second-order valence-electron chi connectivity index (χ2n) is 15.6. The van der Waals surface area contributed by atoms with Gasteiger partial charge in [-0.15, -0.1) is 0 Å². The van der Waals surface area contributed by atoms with Crippen LogP contribution in [0.3, 0.4) is 0 Å². The lowest BCUT2D eigenvalue weighted by Crippen LogP contribution is -2.15. The first-order valence-electron chi connectivity index (χ1n) is 19.4. The second kappa shape index (κ2) is 12.1. The van der Waals surface area contributed by atoms with E-state index in [1.54, 1.807) is 0 Å². The van der Waals surface area contributed by atoms with Crippen LogP contribution in [-0.2, 0) is 5.41 Å². The van der Waals surface area contributed by atoms with E-state index in [0.29, 0.717) is 0 Å². The summed E-state index contributed by atoms with van der Waals surface area (Å²) in [5, 5.41) is 10.4. The molecule has 0 radical (unpaired) electrons. The van der Waals surface area contributed by atoms with Crippen LogP contribution in [0, 0.1) is 0 Å². The summed E-state index contributed by atoms with van der Waals surface area (Å²) < 4.78 is 0. The Balaban J connectivity index is 1.15. The molecule has 0 aliphatic heterocycles. The van der Waals surface area contributed by atoms with Gasteiger partial charge in [0.1, 0.15) is 0 Å². The van der Waals surface area contributed by atoms with Crippen molar-refractivity contribution in [2.75, 3.05) is 0 Å². The molecule has 258 valence electrons. The first-order valence-corrected chi connectivity index (χ1v) is 19.4. The molecule has 0 fully saturated rings. The van der Waals surface area contributed by atoms with Crippen LogP contribution >= 0.6 is 0 Å². The van der Waals surface area contributed by atoms with E-state index in [2.05, 4.69) is 208 Å². The third-order valence-electron chi connectivity index (χ3n) is 12.2. The molecule has 0 N–H and O–H groups in total. The van der Waals surface area contributed by atoms with Crippen molar-refractivity contribution in [1.82, 2.24) is 0 Å². The van der Waals surface area contributed by atoms with Gasteiger partial charge in [-0.3, -0.25) is 0 Å². The SMILES string of the molecule is CC1(C)c2cccc(-c3cccc(-c4c5ccccc5c(-c5cccc(-c6ccccc6)c5)c5ccccc45)c3)c2-c2c1c1ccccc1c1ccccc21. The summed E-state index contributed by atoms with van der Waals surface area (Å²) in [5.41, 5.74) is 15.4. The maximum atomic E-state index is 2.44. The van der Waals surface area contributed by atoms with E-state index in [1.165, 1.54) is 110 Å². The summed E-state index contributed by atoms with van der Waals surface area (Å²) >= 11 is 0. The number of benzene rings is 10. The molecule has 0 nitrogen and oxygen atoms in total. The van der Waals surface area contributed by atoms with Crippen molar-refractivity contribution in [3.63, 3.8) is 0 Å². The molecule has 1 aliphatic rings. The molecule has 11 rings (SSSR count). The molecule has 0 atom stereocenters. The van der Waals surface area contributed by atoms with Crippen LogP contribution < -0.4 is 0 Å². The van der Waals surface area contributed by atoms with Gasteiger partial charge in [-0.2, -0.15) is 0 Å². The Morgan fingerprint density at radius 2 is 0.673 bits per heavy atom. The molecule has 1 aliphatic carbocycles. The van der Waals surface area contributed by atoms with Gasteiger partial charge in [0.25, 0.3) is 0 Å². The van der Waals surface area contributed by atoms with Crippen LogP contribution in [-0.4, -0.2) is 0 Å². The van der Waals surface area contributed by atoms with Crippen molar-refractivity contribution in [2.24, 2.45) is 0 Å². The van der Waals surface area contributed by atoms with Crippen molar-refractivity contribution in [2.45, 2.75) is 19.3 Å². The molecule has 0 heteroatoms. The third kappa shape index (κ3) is 4.71. The molecule has 0 saturated carbocycles. The van der Waals surface area contributed by atoms with E-state index in [4.69, 9.17) is 0 Å². The first-order chi connectivity index (χ1) is 27.1. The van der Waals surface area contributed by atoms with Crippen LogP contribution in [0.25, 0.3) is 98.7 Å². The fraction of sp³-hybridized carbons (Fsp3) is 0.0545. The van der Waals surface area contributed by atoms with E-state index >= 15 is 0 Å². The van der Waals surface area contributed by atoms with E-state index < -0.39 is 0 Å². The monoisotopic (exact) mass is 698 g/mol. The van der Waals surface area contributed by atoms with E-state index in [1.807, 2.05) is 0 Å². The molecule has 0 amide bonds. The van der Waals surface area contributed by atoms with Crippen molar-refractivity contribution < 1.29 is 0 Å². The Labute approximate surface area is 322 Å². The molecular formula is C55H38. The van der Waals surface area contributed by atoms with Gasteiger partial charge in [0, 0.05) is 5.41 Å². The van der Waals surface area contributed by atoms with Crippen molar-refractivity contribution in [3.05, 3.63) is 205 Å². The van der Waals surface area contributed by atoms with Gasteiger partial charge >= 0.3 is 0 Å². The Morgan fingerprint density at radius 3 is 1.25 bits per heavy atom. The summed E-state index contributed by atoms with van der Waals surface area (Å²) in [6.07, 6.45) is 0. The van der Waals surface area contributed by atoms with Crippen molar-refractivity contribution >= 4 is 43.1 Å². The van der Waals surface area contributed by atoms with E-state index in [9.17, 15) is 0 Å². The predicted octanol–water partition coefficient (Wildman–Crippen LogP) is 15.3. The van der Waals surface area contributed by atoms with Gasteiger partial charge in [0.15, 0.2) is 0 Å². The Bertz CT molecular complexity index is 3100.